The molecule has 2 aliphatic carbocycles. The number of hydrogen-bond acceptors (Lipinski definition) is 2. The van der Waals surface area contributed by atoms with Crippen molar-refractivity contribution in [3.63, 3.8) is 0 Å². The second-order valence-electron chi connectivity index (χ2n) is 5.24. The summed E-state index contributed by atoms with van der Waals surface area (Å²) in [6.45, 7) is 0. The van der Waals surface area contributed by atoms with Gasteiger partial charge in [-0.25, -0.2) is 4.98 Å². The fourth-order valence-electron chi connectivity index (χ4n) is 3.25. The normalized spacial score (nSPS) is 29.6. The Bertz CT molecular complexity index is 492. The van der Waals surface area contributed by atoms with Crippen LogP contribution in [0, 0.1) is 11.8 Å². The molecule has 3 rings (SSSR count). The summed E-state index contributed by atoms with van der Waals surface area (Å²) in [7, 11) is 0. The standard InChI is InChI=1S/C13H14Cl2N2O/c14-10-6-16-12(15)5-9(10)13(18)17-11-4-7-1-2-8(11)3-7/h5-8,11H,1-4H2,(H,17,18). The van der Waals surface area contributed by atoms with Crippen LogP contribution >= 0.6 is 23.2 Å². The van der Waals surface area contributed by atoms with E-state index in [4.69, 9.17) is 23.2 Å². The van der Waals surface area contributed by atoms with Gasteiger partial charge in [-0.3, -0.25) is 4.79 Å². The summed E-state index contributed by atoms with van der Waals surface area (Å²) in [5.74, 6) is 1.31. The Labute approximate surface area is 116 Å². The number of fused-ring (bicyclic) bond motifs is 2. The molecule has 2 aliphatic rings. The van der Waals surface area contributed by atoms with Crippen LogP contribution in [0.2, 0.25) is 10.2 Å². The van der Waals surface area contributed by atoms with Crippen molar-refractivity contribution < 1.29 is 4.79 Å². The van der Waals surface area contributed by atoms with Gasteiger partial charge in [-0.2, -0.15) is 0 Å². The molecule has 2 fully saturated rings. The molecule has 2 saturated carbocycles. The van der Waals surface area contributed by atoms with E-state index in [0.29, 0.717) is 22.5 Å². The quantitative estimate of drug-likeness (QED) is 0.847. The van der Waals surface area contributed by atoms with Crippen LogP contribution in [0.3, 0.4) is 0 Å². The molecule has 3 atom stereocenters. The first kappa shape index (κ1) is 12.2. The zero-order chi connectivity index (χ0) is 12.7. The maximum Gasteiger partial charge on any atom is 0.253 e. The number of aromatic nitrogens is 1. The van der Waals surface area contributed by atoms with Gasteiger partial charge in [0.15, 0.2) is 0 Å². The van der Waals surface area contributed by atoms with E-state index in [2.05, 4.69) is 10.3 Å². The molecule has 2 bridgehead atoms. The molecule has 1 aromatic heterocycles. The molecule has 0 saturated heterocycles. The highest BCUT2D eigenvalue weighted by Gasteiger charge is 2.40. The van der Waals surface area contributed by atoms with Crippen molar-refractivity contribution in [2.75, 3.05) is 0 Å². The molecular weight excluding hydrogens is 271 g/mol. The molecule has 1 heterocycles. The zero-order valence-electron chi connectivity index (χ0n) is 9.83. The number of amides is 1. The summed E-state index contributed by atoms with van der Waals surface area (Å²) in [4.78, 5) is 16.0. The minimum absolute atomic E-state index is 0.137. The summed E-state index contributed by atoms with van der Waals surface area (Å²) in [5.41, 5.74) is 0.416. The average molecular weight is 285 g/mol. The van der Waals surface area contributed by atoms with Crippen LogP contribution in [-0.4, -0.2) is 16.9 Å². The maximum atomic E-state index is 12.2. The van der Waals surface area contributed by atoms with Gasteiger partial charge in [-0.15, -0.1) is 0 Å². The van der Waals surface area contributed by atoms with Crippen LogP contribution in [-0.2, 0) is 0 Å². The SMILES string of the molecule is O=C(NC1CC2CCC1C2)c1cc(Cl)ncc1Cl. The Morgan fingerprint density at radius 1 is 1.33 bits per heavy atom. The van der Waals surface area contributed by atoms with Gasteiger partial charge in [-0.05, 0) is 37.2 Å². The lowest BCUT2D eigenvalue weighted by Crippen LogP contribution is -2.38. The van der Waals surface area contributed by atoms with Gasteiger partial charge in [0.25, 0.3) is 5.91 Å². The fourth-order valence-corrected chi connectivity index (χ4v) is 3.60. The number of nitrogens with zero attached hydrogens (tertiary/aromatic N) is 1. The van der Waals surface area contributed by atoms with Gasteiger partial charge in [0, 0.05) is 12.2 Å². The van der Waals surface area contributed by atoms with Crippen LogP contribution in [0.4, 0.5) is 0 Å². The third kappa shape index (κ3) is 2.21. The molecule has 0 spiro atoms. The number of hydrogen-bond donors (Lipinski definition) is 1. The van der Waals surface area contributed by atoms with E-state index in [9.17, 15) is 4.79 Å². The molecular formula is C13H14Cl2N2O. The van der Waals surface area contributed by atoms with Crippen molar-refractivity contribution in [2.24, 2.45) is 11.8 Å². The van der Waals surface area contributed by atoms with E-state index in [1.807, 2.05) is 0 Å². The summed E-state index contributed by atoms with van der Waals surface area (Å²) < 4.78 is 0. The molecule has 96 valence electrons. The van der Waals surface area contributed by atoms with Gasteiger partial charge < -0.3 is 5.32 Å². The molecule has 3 unspecified atom stereocenters. The van der Waals surface area contributed by atoms with E-state index in [1.165, 1.54) is 31.5 Å². The molecule has 3 nitrogen and oxygen atoms in total. The van der Waals surface area contributed by atoms with E-state index in [1.54, 1.807) is 0 Å². The van der Waals surface area contributed by atoms with Crippen molar-refractivity contribution in [1.29, 1.82) is 0 Å². The maximum absolute atomic E-state index is 12.2. The fraction of sp³-hybridized carbons (Fsp3) is 0.538. The Balaban J connectivity index is 1.73. The molecule has 0 radical (unpaired) electrons. The minimum Gasteiger partial charge on any atom is -0.349 e. The predicted octanol–water partition coefficient (Wildman–Crippen LogP) is 3.31. The van der Waals surface area contributed by atoms with Crippen molar-refractivity contribution in [3.05, 3.63) is 28.0 Å². The predicted molar refractivity (Wildman–Crippen MR) is 71.0 cm³/mol. The number of rotatable bonds is 2. The summed E-state index contributed by atoms with van der Waals surface area (Å²) in [6, 6.07) is 1.83. The van der Waals surface area contributed by atoms with Crippen LogP contribution in [0.1, 0.15) is 36.0 Å². The lowest BCUT2D eigenvalue weighted by atomic mass is 9.95. The van der Waals surface area contributed by atoms with Gasteiger partial charge in [0.1, 0.15) is 5.15 Å². The number of pyridine rings is 1. The summed E-state index contributed by atoms with van der Waals surface area (Å²) in [5, 5.41) is 3.72. The lowest BCUT2D eigenvalue weighted by molar-refractivity contribution is 0.0923. The average Bonchev–Trinajstić information content (AvgIpc) is 2.94. The largest absolute Gasteiger partial charge is 0.349 e. The van der Waals surface area contributed by atoms with E-state index < -0.39 is 0 Å². The number of halogens is 2. The first-order valence-corrected chi connectivity index (χ1v) is 7.01. The monoisotopic (exact) mass is 284 g/mol. The Kier molecular flexibility index (Phi) is 3.20. The highest BCUT2D eigenvalue weighted by molar-refractivity contribution is 6.35. The first-order valence-electron chi connectivity index (χ1n) is 6.25. The zero-order valence-corrected chi connectivity index (χ0v) is 11.3. The number of carbonyl (C=O) groups is 1. The lowest BCUT2D eigenvalue weighted by Gasteiger charge is -2.23. The van der Waals surface area contributed by atoms with Crippen LogP contribution in [0.15, 0.2) is 12.3 Å². The number of carbonyl (C=O) groups excluding carboxylic acids is 1. The second kappa shape index (κ2) is 4.71. The Morgan fingerprint density at radius 3 is 2.83 bits per heavy atom. The van der Waals surface area contributed by atoms with Gasteiger partial charge >= 0.3 is 0 Å². The van der Waals surface area contributed by atoms with Crippen molar-refractivity contribution >= 4 is 29.1 Å². The van der Waals surface area contributed by atoms with Gasteiger partial charge in [-0.1, -0.05) is 29.6 Å². The smallest absolute Gasteiger partial charge is 0.253 e. The topological polar surface area (TPSA) is 42.0 Å². The first-order chi connectivity index (χ1) is 8.63. The van der Waals surface area contributed by atoms with E-state index in [0.717, 1.165) is 12.3 Å². The summed E-state index contributed by atoms with van der Waals surface area (Å²) in [6.07, 6.45) is 6.33. The summed E-state index contributed by atoms with van der Waals surface area (Å²) >= 11 is 11.8. The Morgan fingerprint density at radius 2 is 2.17 bits per heavy atom. The molecule has 18 heavy (non-hydrogen) atoms. The molecule has 5 heteroatoms. The van der Waals surface area contributed by atoms with Crippen LogP contribution in [0.5, 0.6) is 0 Å². The minimum atomic E-state index is -0.137. The highest BCUT2D eigenvalue weighted by Crippen LogP contribution is 2.44. The second-order valence-corrected chi connectivity index (χ2v) is 6.04. The number of nitrogens with one attached hydrogen (secondary N) is 1. The Hall–Kier alpha value is -0.800. The molecule has 1 aromatic rings. The van der Waals surface area contributed by atoms with Crippen molar-refractivity contribution in [2.45, 2.75) is 31.7 Å². The molecule has 0 aromatic carbocycles. The molecule has 1 amide bonds. The van der Waals surface area contributed by atoms with Crippen molar-refractivity contribution in [3.8, 4) is 0 Å². The van der Waals surface area contributed by atoms with Gasteiger partial charge in [0.2, 0.25) is 0 Å². The van der Waals surface area contributed by atoms with Crippen LogP contribution in [0.25, 0.3) is 0 Å². The third-order valence-corrected chi connectivity index (χ3v) is 4.63. The van der Waals surface area contributed by atoms with Gasteiger partial charge in [0.05, 0.1) is 10.6 Å². The molecule has 1 N–H and O–H groups in total. The van der Waals surface area contributed by atoms with Crippen LogP contribution < -0.4 is 5.32 Å². The van der Waals surface area contributed by atoms with E-state index in [-0.39, 0.29) is 11.1 Å². The molecule has 0 aliphatic heterocycles. The van der Waals surface area contributed by atoms with E-state index >= 15 is 0 Å². The highest BCUT2D eigenvalue weighted by atomic mass is 35.5. The third-order valence-electron chi connectivity index (χ3n) is 4.12. The van der Waals surface area contributed by atoms with Crippen molar-refractivity contribution in [1.82, 2.24) is 10.3 Å².